The summed E-state index contributed by atoms with van der Waals surface area (Å²) < 4.78 is 11.6. The van der Waals surface area contributed by atoms with Gasteiger partial charge in [-0.05, 0) is 5.92 Å². The Labute approximate surface area is 36.7 Å². The second kappa shape index (κ2) is 1.19. The van der Waals surface area contributed by atoms with Crippen LogP contribution in [0, 0.1) is 5.92 Å². The second-order valence-electron chi connectivity index (χ2n) is 1.93. The van der Waals surface area contributed by atoms with Gasteiger partial charge < -0.3 is 0 Å². The monoisotopic (exact) mass is 89.1 g/mol. The Morgan fingerprint density at radius 2 is 2.17 bits per heavy atom. The van der Waals surface area contributed by atoms with E-state index in [2.05, 4.69) is 0 Å². The van der Waals surface area contributed by atoms with Crippen LogP contribution >= 0.6 is 0 Å². The summed E-state index contributed by atoms with van der Waals surface area (Å²) in [6.45, 7) is 3.32. The van der Waals surface area contributed by atoms with Gasteiger partial charge in [-0.3, -0.25) is 0 Å². The molecule has 0 spiro atoms. The van der Waals surface area contributed by atoms with Crippen molar-refractivity contribution in [1.29, 1.82) is 0 Å². The quantitative estimate of drug-likeness (QED) is 0.397. The molecule has 0 aliphatic carbocycles. The zero-order valence-corrected chi connectivity index (χ0v) is 3.82. The summed E-state index contributed by atoms with van der Waals surface area (Å²) in [5.41, 5.74) is 0. The highest BCUT2D eigenvalue weighted by molar-refractivity contribution is 4.67. The number of halogens is 1. The highest BCUT2D eigenvalue weighted by Gasteiger charge is 2.20. The Morgan fingerprint density at radius 1 is 1.67 bits per heavy atom. The molecule has 1 fully saturated rings. The van der Waals surface area contributed by atoms with Crippen molar-refractivity contribution >= 4 is 0 Å². The summed E-state index contributed by atoms with van der Waals surface area (Å²) in [7, 11) is 0. The zero-order valence-electron chi connectivity index (χ0n) is 3.82. The minimum atomic E-state index is 0.593. The minimum absolute atomic E-state index is 0.593. The van der Waals surface area contributed by atoms with Gasteiger partial charge in [-0.1, -0.05) is 6.92 Å². The summed E-state index contributed by atoms with van der Waals surface area (Å²) >= 11 is 0. The highest BCUT2D eigenvalue weighted by Crippen LogP contribution is 2.12. The van der Waals surface area contributed by atoms with E-state index in [4.69, 9.17) is 0 Å². The molecule has 0 amide bonds. The molecule has 0 N–H and O–H groups in total. The standard InChI is InChI=1S/C4H8FN/c1-4-2-6(5)3-4/h4H,2-3H2,1H3. The van der Waals surface area contributed by atoms with Crippen LogP contribution in [-0.4, -0.2) is 18.2 Å². The summed E-state index contributed by atoms with van der Waals surface area (Å²) in [5.74, 6) is 0.593. The molecule has 1 aliphatic heterocycles. The molecule has 1 rings (SSSR count). The number of hydrogen-bond acceptors (Lipinski definition) is 1. The van der Waals surface area contributed by atoms with Gasteiger partial charge in [-0.2, -0.15) is 0 Å². The van der Waals surface area contributed by atoms with Crippen molar-refractivity contribution in [3.05, 3.63) is 0 Å². The lowest BCUT2D eigenvalue weighted by Crippen LogP contribution is -2.38. The first-order valence-electron chi connectivity index (χ1n) is 2.20. The summed E-state index contributed by atoms with van der Waals surface area (Å²) in [6, 6.07) is 0. The van der Waals surface area contributed by atoms with Crippen LogP contribution in [0.25, 0.3) is 0 Å². The molecule has 0 saturated carbocycles. The highest BCUT2D eigenvalue weighted by atomic mass is 19.2. The Morgan fingerprint density at radius 3 is 2.17 bits per heavy atom. The molecule has 0 aromatic rings. The Bertz CT molecular complexity index is 43.5. The van der Waals surface area contributed by atoms with Gasteiger partial charge in [-0.25, -0.2) is 0 Å². The van der Waals surface area contributed by atoms with E-state index in [1.54, 1.807) is 0 Å². The normalized spacial score (nSPS) is 27.0. The Kier molecular flexibility index (Phi) is 0.804. The maximum absolute atomic E-state index is 11.6. The molecule has 0 aromatic carbocycles. The fourth-order valence-electron chi connectivity index (χ4n) is 0.623. The van der Waals surface area contributed by atoms with Crippen LogP contribution in [0.15, 0.2) is 0 Å². The Balaban J connectivity index is 2.11. The summed E-state index contributed by atoms with van der Waals surface area (Å²) in [5, 5.41) is 0.824. The smallest absolute Gasteiger partial charge is 0.0329 e. The SMILES string of the molecule is CC1CN(F)C1. The molecular weight excluding hydrogens is 81.0 g/mol. The van der Waals surface area contributed by atoms with E-state index in [0.717, 1.165) is 5.12 Å². The molecule has 6 heavy (non-hydrogen) atoms. The van der Waals surface area contributed by atoms with Crippen LogP contribution in [-0.2, 0) is 0 Å². The molecule has 0 unspecified atom stereocenters. The molecule has 0 atom stereocenters. The molecule has 1 heterocycles. The summed E-state index contributed by atoms with van der Waals surface area (Å²) in [6.07, 6.45) is 0. The lowest BCUT2D eigenvalue weighted by atomic mass is 10.1. The minimum Gasteiger partial charge on any atom is -0.146 e. The molecule has 36 valence electrons. The number of rotatable bonds is 0. The van der Waals surface area contributed by atoms with Crippen molar-refractivity contribution in [2.75, 3.05) is 13.1 Å². The molecule has 0 bridgehead atoms. The third-order valence-electron chi connectivity index (χ3n) is 1.02. The van der Waals surface area contributed by atoms with E-state index in [9.17, 15) is 4.48 Å². The topological polar surface area (TPSA) is 3.24 Å². The number of hydrogen-bond donors (Lipinski definition) is 0. The van der Waals surface area contributed by atoms with Crippen molar-refractivity contribution in [3.63, 3.8) is 0 Å². The molecule has 1 saturated heterocycles. The van der Waals surface area contributed by atoms with Crippen molar-refractivity contribution in [2.45, 2.75) is 6.92 Å². The predicted molar refractivity (Wildman–Crippen MR) is 21.8 cm³/mol. The van der Waals surface area contributed by atoms with Gasteiger partial charge in [0.15, 0.2) is 0 Å². The molecule has 1 aliphatic rings. The predicted octanol–water partition coefficient (Wildman–Crippen LogP) is 0.823. The molecule has 1 nitrogen and oxygen atoms in total. The van der Waals surface area contributed by atoms with Gasteiger partial charge in [0, 0.05) is 13.1 Å². The van der Waals surface area contributed by atoms with E-state index >= 15 is 0 Å². The molecule has 2 heteroatoms. The third-order valence-corrected chi connectivity index (χ3v) is 1.02. The van der Waals surface area contributed by atoms with Crippen LogP contribution in [0.1, 0.15) is 6.92 Å². The van der Waals surface area contributed by atoms with E-state index in [1.807, 2.05) is 6.92 Å². The van der Waals surface area contributed by atoms with Crippen LogP contribution in [0.2, 0.25) is 0 Å². The summed E-state index contributed by atoms with van der Waals surface area (Å²) in [4.78, 5) is 0. The van der Waals surface area contributed by atoms with Crippen LogP contribution < -0.4 is 0 Å². The van der Waals surface area contributed by atoms with Gasteiger partial charge in [-0.15, -0.1) is 9.60 Å². The van der Waals surface area contributed by atoms with E-state index < -0.39 is 0 Å². The van der Waals surface area contributed by atoms with Crippen molar-refractivity contribution < 1.29 is 4.48 Å². The van der Waals surface area contributed by atoms with Crippen molar-refractivity contribution in [3.8, 4) is 0 Å². The van der Waals surface area contributed by atoms with Gasteiger partial charge >= 0.3 is 0 Å². The average molecular weight is 89.1 g/mol. The lowest BCUT2D eigenvalue weighted by Gasteiger charge is -2.27. The van der Waals surface area contributed by atoms with Crippen molar-refractivity contribution in [2.24, 2.45) is 5.92 Å². The van der Waals surface area contributed by atoms with Gasteiger partial charge in [0.1, 0.15) is 0 Å². The van der Waals surface area contributed by atoms with E-state index in [1.165, 1.54) is 0 Å². The average Bonchev–Trinajstić information content (AvgIpc) is 1.33. The first-order chi connectivity index (χ1) is 2.79. The largest absolute Gasteiger partial charge is 0.146 e. The lowest BCUT2D eigenvalue weighted by molar-refractivity contribution is -0.0710. The maximum atomic E-state index is 11.6. The zero-order chi connectivity index (χ0) is 4.57. The van der Waals surface area contributed by atoms with Crippen LogP contribution in [0.4, 0.5) is 4.48 Å². The Hall–Kier alpha value is -0.110. The van der Waals surface area contributed by atoms with Crippen LogP contribution in [0.3, 0.4) is 0 Å². The number of nitrogens with zero attached hydrogens (tertiary/aromatic N) is 1. The van der Waals surface area contributed by atoms with E-state index in [0.29, 0.717) is 19.0 Å². The maximum Gasteiger partial charge on any atom is 0.0329 e. The fraction of sp³-hybridized carbons (Fsp3) is 1.00. The van der Waals surface area contributed by atoms with Crippen LogP contribution in [0.5, 0.6) is 0 Å². The first kappa shape index (κ1) is 4.06. The first-order valence-corrected chi connectivity index (χ1v) is 2.20. The fourth-order valence-corrected chi connectivity index (χ4v) is 0.623. The molecule has 0 radical (unpaired) electrons. The van der Waals surface area contributed by atoms with E-state index in [-0.39, 0.29) is 0 Å². The second-order valence-corrected chi connectivity index (χ2v) is 1.93. The van der Waals surface area contributed by atoms with Crippen molar-refractivity contribution in [1.82, 2.24) is 5.12 Å². The third kappa shape index (κ3) is 0.522. The van der Waals surface area contributed by atoms with Gasteiger partial charge in [0.25, 0.3) is 0 Å². The van der Waals surface area contributed by atoms with Gasteiger partial charge in [0.2, 0.25) is 0 Å². The van der Waals surface area contributed by atoms with Gasteiger partial charge in [0.05, 0.1) is 0 Å². The molecule has 0 aromatic heterocycles. The molecular formula is C4H8FN.